The Hall–Kier alpha value is -1.75. The molecule has 0 N–H and O–H groups in total. The minimum atomic E-state index is -0.237. The van der Waals surface area contributed by atoms with Crippen molar-refractivity contribution >= 4 is 17.2 Å². The van der Waals surface area contributed by atoms with Crippen molar-refractivity contribution in [1.29, 1.82) is 0 Å². The highest BCUT2D eigenvalue weighted by atomic mass is 32.1. The first-order valence-corrected chi connectivity index (χ1v) is 7.49. The smallest absolute Gasteiger partial charge is 0.251 e. The van der Waals surface area contributed by atoms with Gasteiger partial charge in [0.15, 0.2) is 4.80 Å². The lowest BCUT2D eigenvalue weighted by Crippen LogP contribution is -2.18. The molecule has 1 fully saturated rings. The predicted octanol–water partition coefficient (Wildman–Crippen LogP) is 2.82. The monoisotopic (exact) mass is 290 g/mol. The summed E-state index contributed by atoms with van der Waals surface area (Å²) in [6.07, 6.45) is 2.76. The van der Waals surface area contributed by atoms with E-state index in [9.17, 15) is 9.18 Å². The highest BCUT2D eigenvalue weighted by molar-refractivity contribution is 7.07. The number of thiazole rings is 1. The highest BCUT2D eigenvalue weighted by Crippen LogP contribution is 2.38. The summed E-state index contributed by atoms with van der Waals surface area (Å²) in [6.45, 7) is 2.45. The van der Waals surface area contributed by atoms with Crippen LogP contribution in [0.25, 0.3) is 0 Å². The van der Waals surface area contributed by atoms with Crippen molar-refractivity contribution in [3.63, 3.8) is 0 Å². The van der Waals surface area contributed by atoms with Crippen molar-refractivity contribution in [3.05, 3.63) is 52.0 Å². The lowest BCUT2D eigenvalue weighted by atomic mass is 10.2. The van der Waals surface area contributed by atoms with Gasteiger partial charge >= 0.3 is 0 Å². The second-order valence-electron chi connectivity index (χ2n) is 5.17. The Bertz CT molecular complexity index is 704. The minimum Gasteiger partial charge on any atom is -0.319 e. The van der Waals surface area contributed by atoms with Gasteiger partial charge in [-0.15, -0.1) is 11.3 Å². The van der Waals surface area contributed by atoms with Crippen LogP contribution < -0.4 is 4.80 Å². The topological polar surface area (TPSA) is 34.4 Å². The van der Waals surface area contributed by atoms with E-state index in [1.54, 1.807) is 18.2 Å². The van der Waals surface area contributed by atoms with Crippen LogP contribution in [0.4, 0.5) is 4.39 Å². The minimum absolute atomic E-state index is 0.0535. The molecule has 1 amide bonds. The molecule has 0 saturated heterocycles. The second kappa shape index (κ2) is 5.32. The fourth-order valence-electron chi connectivity index (χ4n) is 2.16. The van der Waals surface area contributed by atoms with E-state index in [2.05, 4.69) is 11.9 Å². The molecule has 2 atom stereocenters. The van der Waals surface area contributed by atoms with Crippen molar-refractivity contribution in [2.24, 2.45) is 16.8 Å². The molecule has 1 aromatic carbocycles. The largest absolute Gasteiger partial charge is 0.319 e. The summed E-state index contributed by atoms with van der Waals surface area (Å²) in [6, 6.07) is 6.66. The third-order valence-corrected chi connectivity index (χ3v) is 4.39. The van der Waals surface area contributed by atoms with Gasteiger partial charge in [0.05, 0.1) is 6.54 Å². The molecule has 1 aromatic heterocycles. The number of nitrogens with zero attached hydrogens (tertiary/aromatic N) is 2. The molecule has 0 radical (unpaired) electrons. The molecule has 0 aliphatic heterocycles. The molecule has 1 saturated carbocycles. The number of hydrogen-bond donors (Lipinski definition) is 0. The van der Waals surface area contributed by atoms with Gasteiger partial charge in [-0.25, -0.2) is 4.39 Å². The Morgan fingerprint density at radius 1 is 1.50 bits per heavy atom. The van der Waals surface area contributed by atoms with Gasteiger partial charge in [0.25, 0.3) is 5.91 Å². The molecule has 0 unspecified atom stereocenters. The number of benzene rings is 1. The van der Waals surface area contributed by atoms with Crippen LogP contribution in [0, 0.1) is 17.7 Å². The zero-order valence-corrected chi connectivity index (χ0v) is 11.9. The van der Waals surface area contributed by atoms with E-state index in [1.807, 2.05) is 16.1 Å². The summed E-state index contributed by atoms with van der Waals surface area (Å²) in [7, 11) is 0. The molecule has 1 aliphatic rings. The second-order valence-corrected chi connectivity index (χ2v) is 6.05. The normalized spacial score (nSPS) is 22.0. The van der Waals surface area contributed by atoms with E-state index in [4.69, 9.17) is 0 Å². The Balaban J connectivity index is 1.85. The average molecular weight is 290 g/mol. The van der Waals surface area contributed by atoms with E-state index >= 15 is 0 Å². The van der Waals surface area contributed by atoms with E-state index in [-0.39, 0.29) is 17.6 Å². The molecule has 2 aromatic rings. The maximum absolute atomic E-state index is 13.7. The number of hydrogen-bond acceptors (Lipinski definition) is 2. The van der Waals surface area contributed by atoms with Crippen LogP contribution in [0.3, 0.4) is 0 Å². The molecule has 5 heteroatoms. The summed E-state index contributed by atoms with van der Waals surface area (Å²) in [5.74, 6) is 0.242. The van der Waals surface area contributed by atoms with E-state index < -0.39 is 0 Å². The predicted molar refractivity (Wildman–Crippen MR) is 75.7 cm³/mol. The van der Waals surface area contributed by atoms with E-state index in [1.165, 1.54) is 17.4 Å². The van der Waals surface area contributed by atoms with Crippen LogP contribution in [0.15, 0.2) is 40.8 Å². The van der Waals surface area contributed by atoms with Crippen molar-refractivity contribution < 1.29 is 9.18 Å². The molecule has 20 heavy (non-hydrogen) atoms. The van der Waals surface area contributed by atoms with E-state index in [0.29, 0.717) is 22.8 Å². The first kappa shape index (κ1) is 13.2. The molecule has 3 rings (SSSR count). The van der Waals surface area contributed by atoms with Gasteiger partial charge in [0, 0.05) is 23.1 Å². The van der Waals surface area contributed by atoms with Gasteiger partial charge in [0.2, 0.25) is 0 Å². The van der Waals surface area contributed by atoms with Crippen LogP contribution in [-0.2, 0) is 11.3 Å². The van der Waals surface area contributed by atoms with Crippen LogP contribution in [0.2, 0.25) is 0 Å². The maximum Gasteiger partial charge on any atom is 0.251 e. The fraction of sp³-hybridized carbons (Fsp3) is 0.333. The number of carbonyl (C=O) groups excluding carboxylic acids is 1. The molecule has 1 heterocycles. The maximum atomic E-state index is 13.7. The third-order valence-electron chi connectivity index (χ3n) is 3.59. The molecule has 1 aliphatic carbocycles. The number of carbonyl (C=O) groups is 1. The summed E-state index contributed by atoms with van der Waals surface area (Å²) in [5, 5.41) is 1.86. The van der Waals surface area contributed by atoms with Gasteiger partial charge in [-0.3, -0.25) is 4.79 Å². The lowest BCUT2D eigenvalue weighted by Gasteiger charge is -2.04. The van der Waals surface area contributed by atoms with Crippen LogP contribution in [-0.4, -0.2) is 10.5 Å². The summed E-state index contributed by atoms with van der Waals surface area (Å²) in [4.78, 5) is 16.7. The van der Waals surface area contributed by atoms with Gasteiger partial charge in [-0.05, 0) is 18.4 Å². The molecular formula is C15H15FN2OS. The SMILES string of the molecule is C[C@H]1C[C@H]1C(=O)N=c1sccn1Cc1ccccc1F. The van der Waals surface area contributed by atoms with E-state index in [0.717, 1.165) is 6.42 Å². The van der Waals surface area contributed by atoms with Gasteiger partial charge < -0.3 is 4.57 Å². The lowest BCUT2D eigenvalue weighted by molar-refractivity contribution is -0.119. The first-order valence-electron chi connectivity index (χ1n) is 6.61. The number of rotatable bonds is 3. The van der Waals surface area contributed by atoms with Crippen molar-refractivity contribution in [3.8, 4) is 0 Å². The van der Waals surface area contributed by atoms with Crippen molar-refractivity contribution in [1.82, 2.24) is 4.57 Å². The molecule has 104 valence electrons. The van der Waals surface area contributed by atoms with Gasteiger partial charge in [0.1, 0.15) is 5.82 Å². The van der Waals surface area contributed by atoms with Crippen molar-refractivity contribution in [2.45, 2.75) is 19.9 Å². The van der Waals surface area contributed by atoms with Gasteiger partial charge in [-0.2, -0.15) is 4.99 Å². The van der Waals surface area contributed by atoms with Crippen LogP contribution in [0.5, 0.6) is 0 Å². The number of aromatic nitrogens is 1. The molecule has 3 nitrogen and oxygen atoms in total. The zero-order chi connectivity index (χ0) is 14.1. The fourth-order valence-corrected chi connectivity index (χ4v) is 2.89. The Morgan fingerprint density at radius 2 is 2.25 bits per heavy atom. The third kappa shape index (κ3) is 2.72. The zero-order valence-electron chi connectivity index (χ0n) is 11.1. The Morgan fingerprint density at radius 3 is 2.95 bits per heavy atom. The number of halogens is 1. The van der Waals surface area contributed by atoms with Crippen LogP contribution in [0.1, 0.15) is 18.9 Å². The van der Waals surface area contributed by atoms with Crippen LogP contribution >= 0.6 is 11.3 Å². The number of amides is 1. The Labute approximate surface area is 120 Å². The first-order chi connectivity index (χ1) is 9.65. The standard InChI is InChI=1S/C15H15FN2OS/c1-10-8-12(10)14(19)17-15-18(6-7-20-15)9-11-4-2-3-5-13(11)16/h2-7,10,12H,8-9H2,1H3/t10-,12+/m0/s1. The van der Waals surface area contributed by atoms with Gasteiger partial charge in [-0.1, -0.05) is 25.1 Å². The summed E-state index contributed by atoms with van der Waals surface area (Å²) in [5.41, 5.74) is 0.597. The highest BCUT2D eigenvalue weighted by Gasteiger charge is 2.39. The molecular weight excluding hydrogens is 275 g/mol. The molecule has 0 bridgehead atoms. The quantitative estimate of drug-likeness (QED) is 0.856. The average Bonchev–Trinajstić information content (AvgIpc) is 3.01. The molecule has 0 spiro atoms. The van der Waals surface area contributed by atoms with Crippen molar-refractivity contribution in [2.75, 3.05) is 0 Å². The Kier molecular flexibility index (Phi) is 3.53. The summed E-state index contributed by atoms with van der Waals surface area (Å²) >= 11 is 1.40. The summed E-state index contributed by atoms with van der Waals surface area (Å²) < 4.78 is 15.5.